The number of morpholine rings is 1. The summed E-state index contributed by atoms with van der Waals surface area (Å²) in [4.78, 5) is 0. The topological polar surface area (TPSA) is 56.3 Å². The molecular formula is C15H14F3N3O2. The molecule has 0 unspecified atom stereocenters. The number of ether oxygens (including phenoxy) is 2. The predicted molar refractivity (Wildman–Crippen MR) is 75.1 cm³/mol. The highest BCUT2D eigenvalue weighted by molar-refractivity contribution is 5.39. The van der Waals surface area contributed by atoms with E-state index in [2.05, 4.69) is 15.5 Å². The Balaban J connectivity index is 1.94. The number of halogens is 3. The molecule has 1 aromatic carbocycles. The van der Waals surface area contributed by atoms with Gasteiger partial charge in [-0.15, -0.1) is 5.10 Å². The van der Waals surface area contributed by atoms with Gasteiger partial charge in [-0.2, -0.15) is 18.3 Å². The van der Waals surface area contributed by atoms with Gasteiger partial charge in [-0.05, 0) is 29.8 Å². The van der Waals surface area contributed by atoms with Crippen LogP contribution in [0.5, 0.6) is 11.6 Å². The molecule has 1 fully saturated rings. The highest BCUT2D eigenvalue weighted by Gasteiger charge is 2.32. The van der Waals surface area contributed by atoms with E-state index in [0.29, 0.717) is 25.3 Å². The normalized spacial score (nSPS) is 18.7. The molecule has 122 valence electrons. The second kappa shape index (κ2) is 6.51. The Kier molecular flexibility index (Phi) is 4.44. The van der Waals surface area contributed by atoms with Crippen LogP contribution in [-0.4, -0.2) is 29.9 Å². The maximum absolute atomic E-state index is 13.1. The zero-order valence-corrected chi connectivity index (χ0v) is 12.0. The maximum Gasteiger partial charge on any atom is 0.416 e. The standard InChI is InChI=1S/C15H14F3N3O2/c16-15(17,18)11-6-10(13-9-19-4-5-22-13)7-12(8-11)23-14-2-1-3-20-21-14/h1-3,6-8,13,19H,4-5,9H2/t13-/m0/s1. The van der Waals surface area contributed by atoms with Crippen molar-refractivity contribution in [1.82, 2.24) is 15.5 Å². The predicted octanol–water partition coefficient (Wildman–Crippen LogP) is 2.95. The zero-order valence-electron chi connectivity index (χ0n) is 12.0. The van der Waals surface area contributed by atoms with E-state index in [1.807, 2.05) is 0 Å². The largest absolute Gasteiger partial charge is 0.437 e. The van der Waals surface area contributed by atoms with Gasteiger partial charge in [0.2, 0.25) is 5.88 Å². The molecular weight excluding hydrogens is 311 g/mol. The van der Waals surface area contributed by atoms with Crippen molar-refractivity contribution in [2.75, 3.05) is 19.7 Å². The molecule has 5 nitrogen and oxygen atoms in total. The highest BCUT2D eigenvalue weighted by Crippen LogP contribution is 2.36. The Morgan fingerprint density at radius 2 is 2.13 bits per heavy atom. The average Bonchev–Trinajstić information content (AvgIpc) is 2.55. The minimum absolute atomic E-state index is 0.0458. The molecule has 1 aromatic heterocycles. The molecule has 1 aliphatic rings. The second-order valence-electron chi connectivity index (χ2n) is 5.02. The second-order valence-corrected chi connectivity index (χ2v) is 5.02. The summed E-state index contributed by atoms with van der Waals surface area (Å²) in [5.41, 5.74) is -0.381. The van der Waals surface area contributed by atoms with Gasteiger partial charge in [0.15, 0.2) is 0 Å². The van der Waals surface area contributed by atoms with Crippen LogP contribution < -0.4 is 10.1 Å². The van der Waals surface area contributed by atoms with Gasteiger partial charge >= 0.3 is 6.18 Å². The molecule has 2 heterocycles. The SMILES string of the molecule is FC(F)(F)c1cc(Oc2cccnn2)cc([C@@H]2CNCCO2)c1. The Labute approximate surface area is 130 Å². The first-order chi connectivity index (χ1) is 11.0. The summed E-state index contributed by atoms with van der Waals surface area (Å²) in [7, 11) is 0. The van der Waals surface area contributed by atoms with E-state index in [1.54, 1.807) is 6.07 Å². The van der Waals surface area contributed by atoms with E-state index in [0.717, 1.165) is 12.1 Å². The minimum atomic E-state index is -4.47. The van der Waals surface area contributed by atoms with Crippen molar-refractivity contribution in [3.8, 4) is 11.6 Å². The van der Waals surface area contributed by atoms with Crippen molar-refractivity contribution in [3.63, 3.8) is 0 Å². The van der Waals surface area contributed by atoms with Gasteiger partial charge in [-0.3, -0.25) is 0 Å². The molecule has 0 amide bonds. The Bertz CT molecular complexity index is 659. The number of rotatable bonds is 3. The van der Waals surface area contributed by atoms with Gasteiger partial charge in [-0.1, -0.05) is 0 Å². The van der Waals surface area contributed by atoms with Gasteiger partial charge in [-0.25, -0.2) is 0 Å². The first-order valence-corrected chi connectivity index (χ1v) is 7.02. The molecule has 1 saturated heterocycles. The fourth-order valence-corrected chi connectivity index (χ4v) is 2.27. The van der Waals surface area contributed by atoms with Crippen LogP contribution in [0.2, 0.25) is 0 Å². The fraction of sp³-hybridized carbons (Fsp3) is 0.333. The van der Waals surface area contributed by atoms with Gasteiger partial charge in [0.25, 0.3) is 0 Å². The zero-order chi connectivity index (χ0) is 16.3. The summed E-state index contributed by atoms with van der Waals surface area (Å²) in [5, 5.41) is 10.4. The summed E-state index contributed by atoms with van der Waals surface area (Å²) in [6, 6.07) is 6.66. The number of alkyl halides is 3. The van der Waals surface area contributed by atoms with Crippen molar-refractivity contribution in [2.45, 2.75) is 12.3 Å². The summed E-state index contributed by atoms with van der Waals surface area (Å²) < 4.78 is 50.3. The van der Waals surface area contributed by atoms with Crippen LogP contribution in [0.3, 0.4) is 0 Å². The molecule has 0 radical (unpaired) electrons. The molecule has 0 spiro atoms. The molecule has 1 N–H and O–H groups in total. The Hall–Kier alpha value is -2.19. The van der Waals surface area contributed by atoms with Crippen LogP contribution in [0.4, 0.5) is 13.2 Å². The minimum Gasteiger partial charge on any atom is -0.437 e. The molecule has 3 rings (SSSR count). The molecule has 0 aliphatic carbocycles. The lowest BCUT2D eigenvalue weighted by atomic mass is 10.0. The van der Waals surface area contributed by atoms with Gasteiger partial charge in [0.05, 0.1) is 18.3 Å². The number of benzene rings is 1. The third-order valence-corrected chi connectivity index (χ3v) is 3.33. The van der Waals surface area contributed by atoms with Crippen molar-refractivity contribution in [3.05, 3.63) is 47.7 Å². The summed E-state index contributed by atoms with van der Waals surface area (Å²) in [6.45, 7) is 1.57. The lowest BCUT2D eigenvalue weighted by Crippen LogP contribution is -2.33. The third kappa shape index (κ3) is 3.96. The van der Waals surface area contributed by atoms with E-state index in [-0.39, 0.29) is 11.6 Å². The van der Waals surface area contributed by atoms with Crippen LogP contribution in [0, 0.1) is 0 Å². The number of nitrogens with one attached hydrogen (secondary N) is 1. The quantitative estimate of drug-likeness (QED) is 0.940. The monoisotopic (exact) mass is 325 g/mol. The van der Waals surface area contributed by atoms with E-state index in [4.69, 9.17) is 9.47 Å². The van der Waals surface area contributed by atoms with E-state index >= 15 is 0 Å². The summed E-state index contributed by atoms with van der Waals surface area (Å²) in [6.07, 6.45) is -3.47. The van der Waals surface area contributed by atoms with Gasteiger partial charge in [0.1, 0.15) is 5.75 Å². The van der Waals surface area contributed by atoms with E-state index < -0.39 is 17.8 Å². The van der Waals surface area contributed by atoms with Crippen LogP contribution >= 0.6 is 0 Å². The molecule has 8 heteroatoms. The average molecular weight is 325 g/mol. The Morgan fingerprint density at radius 1 is 1.26 bits per heavy atom. The van der Waals surface area contributed by atoms with Crippen molar-refractivity contribution in [1.29, 1.82) is 0 Å². The van der Waals surface area contributed by atoms with Crippen LogP contribution in [0.25, 0.3) is 0 Å². The lowest BCUT2D eigenvalue weighted by molar-refractivity contribution is -0.137. The van der Waals surface area contributed by atoms with Crippen molar-refractivity contribution in [2.24, 2.45) is 0 Å². The smallest absolute Gasteiger partial charge is 0.416 e. The first-order valence-electron chi connectivity index (χ1n) is 7.02. The first kappa shape index (κ1) is 15.7. The summed E-state index contributed by atoms with van der Waals surface area (Å²) in [5.74, 6) is 0.171. The van der Waals surface area contributed by atoms with Crippen LogP contribution in [-0.2, 0) is 10.9 Å². The third-order valence-electron chi connectivity index (χ3n) is 3.33. The van der Waals surface area contributed by atoms with Crippen LogP contribution in [0.15, 0.2) is 36.5 Å². The van der Waals surface area contributed by atoms with Gasteiger partial charge < -0.3 is 14.8 Å². The molecule has 2 aromatic rings. The van der Waals surface area contributed by atoms with Crippen molar-refractivity contribution >= 4 is 0 Å². The number of aromatic nitrogens is 2. The molecule has 0 bridgehead atoms. The van der Waals surface area contributed by atoms with Gasteiger partial charge in [0, 0.05) is 25.4 Å². The highest BCUT2D eigenvalue weighted by atomic mass is 19.4. The van der Waals surface area contributed by atoms with E-state index in [9.17, 15) is 13.2 Å². The lowest BCUT2D eigenvalue weighted by Gasteiger charge is -2.25. The fourth-order valence-electron chi connectivity index (χ4n) is 2.27. The molecule has 1 aliphatic heterocycles. The van der Waals surface area contributed by atoms with Crippen LogP contribution in [0.1, 0.15) is 17.2 Å². The number of hydrogen-bond donors (Lipinski definition) is 1. The number of nitrogens with zero attached hydrogens (tertiary/aromatic N) is 2. The number of hydrogen-bond acceptors (Lipinski definition) is 5. The maximum atomic E-state index is 13.1. The van der Waals surface area contributed by atoms with E-state index in [1.165, 1.54) is 18.3 Å². The Morgan fingerprint density at radius 3 is 2.78 bits per heavy atom. The van der Waals surface area contributed by atoms with Crippen molar-refractivity contribution < 1.29 is 22.6 Å². The summed E-state index contributed by atoms with van der Waals surface area (Å²) >= 11 is 0. The molecule has 23 heavy (non-hydrogen) atoms. The molecule has 0 saturated carbocycles. The molecule has 1 atom stereocenters.